The number of nitriles is 1. The third kappa shape index (κ3) is 5.60. The molecule has 0 bridgehead atoms. The lowest BCUT2D eigenvalue weighted by molar-refractivity contribution is -0.123. The van der Waals surface area contributed by atoms with Crippen molar-refractivity contribution in [3.8, 4) is 22.9 Å². The van der Waals surface area contributed by atoms with Crippen LogP contribution in [0.5, 0.6) is 5.75 Å². The SMILES string of the molecule is C[C@@H](O)[C@H](NC(=O)c1ccc(-c2ccc(O)cc2)cc1)C(=O)CC(C#N)c1ccccc1. The molecule has 0 aliphatic heterocycles. The lowest BCUT2D eigenvalue weighted by Crippen LogP contribution is -2.48. The summed E-state index contributed by atoms with van der Waals surface area (Å²) < 4.78 is 0. The molecule has 0 spiro atoms. The summed E-state index contributed by atoms with van der Waals surface area (Å²) in [5, 5.41) is 31.6. The van der Waals surface area contributed by atoms with E-state index >= 15 is 0 Å². The average molecular weight is 428 g/mol. The summed E-state index contributed by atoms with van der Waals surface area (Å²) in [5.41, 5.74) is 2.80. The van der Waals surface area contributed by atoms with Crippen LogP contribution in [0.2, 0.25) is 0 Å². The fraction of sp³-hybridized carbons (Fsp3) is 0.192. The van der Waals surface area contributed by atoms with Gasteiger partial charge in [0.25, 0.3) is 5.91 Å². The van der Waals surface area contributed by atoms with Crippen LogP contribution < -0.4 is 5.32 Å². The maximum absolute atomic E-state index is 12.8. The van der Waals surface area contributed by atoms with Gasteiger partial charge in [0.05, 0.1) is 18.1 Å². The van der Waals surface area contributed by atoms with Gasteiger partial charge in [0.2, 0.25) is 0 Å². The third-order valence-electron chi connectivity index (χ3n) is 5.23. The van der Waals surface area contributed by atoms with E-state index in [1.807, 2.05) is 6.07 Å². The Morgan fingerprint density at radius 3 is 2.03 bits per heavy atom. The maximum atomic E-state index is 12.8. The molecule has 0 aliphatic rings. The third-order valence-corrected chi connectivity index (χ3v) is 5.23. The van der Waals surface area contributed by atoms with Crippen LogP contribution in [0.3, 0.4) is 0 Å². The second-order valence-corrected chi connectivity index (χ2v) is 7.58. The first-order chi connectivity index (χ1) is 15.4. The Balaban J connectivity index is 1.70. The fourth-order valence-electron chi connectivity index (χ4n) is 3.41. The monoisotopic (exact) mass is 428 g/mol. The fourth-order valence-corrected chi connectivity index (χ4v) is 3.41. The molecular weight excluding hydrogens is 404 g/mol. The van der Waals surface area contributed by atoms with Gasteiger partial charge < -0.3 is 15.5 Å². The molecule has 0 saturated heterocycles. The molecule has 1 amide bonds. The normalized spacial score (nSPS) is 13.4. The Labute approximate surface area is 186 Å². The number of carbonyl (C=O) groups is 2. The summed E-state index contributed by atoms with van der Waals surface area (Å²) in [4.78, 5) is 25.5. The van der Waals surface area contributed by atoms with Crippen molar-refractivity contribution in [2.45, 2.75) is 31.4 Å². The van der Waals surface area contributed by atoms with Gasteiger partial charge in [-0.3, -0.25) is 9.59 Å². The number of amides is 1. The van der Waals surface area contributed by atoms with Gasteiger partial charge in [0.1, 0.15) is 11.8 Å². The smallest absolute Gasteiger partial charge is 0.251 e. The van der Waals surface area contributed by atoms with Crippen LogP contribution in [0, 0.1) is 11.3 Å². The number of carbonyl (C=O) groups excluding carboxylic acids is 2. The lowest BCUT2D eigenvalue weighted by atomic mass is 9.91. The Hall–Kier alpha value is -3.95. The molecular formula is C26H24N2O4. The number of ketones is 1. The number of Topliss-reactive ketones (excluding diaryl/α,β-unsaturated/α-hetero) is 1. The first-order valence-corrected chi connectivity index (χ1v) is 10.2. The topological polar surface area (TPSA) is 110 Å². The Morgan fingerprint density at radius 2 is 1.50 bits per heavy atom. The van der Waals surface area contributed by atoms with E-state index in [1.165, 1.54) is 6.92 Å². The van der Waals surface area contributed by atoms with Gasteiger partial charge in [0.15, 0.2) is 5.78 Å². The van der Waals surface area contributed by atoms with Gasteiger partial charge in [-0.15, -0.1) is 0 Å². The second kappa shape index (κ2) is 10.4. The molecule has 3 rings (SSSR count). The summed E-state index contributed by atoms with van der Waals surface area (Å²) in [5.74, 6) is -1.39. The number of benzene rings is 3. The summed E-state index contributed by atoms with van der Waals surface area (Å²) in [6, 6.07) is 23.4. The van der Waals surface area contributed by atoms with Gasteiger partial charge in [0, 0.05) is 12.0 Å². The van der Waals surface area contributed by atoms with Crippen molar-refractivity contribution in [3.05, 3.63) is 90.0 Å². The molecule has 1 unspecified atom stereocenters. The Bertz CT molecular complexity index is 1100. The highest BCUT2D eigenvalue weighted by atomic mass is 16.3. The molecule has 3 N–H and O–H groups in total. The molecule has 0 aromatic heterocycles. The number of hydrogen-bond acceptors (Lipinski definition) is 5. The number of aliphatic hydroxyl groups is 1. The summed E-state index contributed by atoms with van der Waals surface area (Å²) >= 11 is 0. The molecule has 0 saturated carbocycles. The van der Waals surface area contributed by atoms with Crippen molar-refractivity contribution in [2.24, 2.45) is 0 Å². The van der Waals surface area contributed by atoms with Crippen LogP contribution in [0.25, 0.3) is 11.1 Å². The number of aromatic hydroxyl groups is 1. The predicted molar refractivity (Wildman–Crippen MR) is 121 cm³/mol. The zero-order valence-electron chi connectivity index (χ0n) is 17.6. The van der Waals surface area contributed by atoms with Gasteiger partial charge in [-0.05, 0) is 47.9 Å². The van der Waals surface area contributed by atoms with Crippen LogP contribution in [0.1, 0.15) is 35.2 Å². The zero-order chi connectivity index (χ0) is 23.1. The van der Waals surface area contributed by atoms with Crippen molar-refractivity contribution < 1.29 is 19.8 Å². The predicted octanol–water partition coefficient (Wildman–Crippen LogP) is 3.80. The maximum Gasteiger partial charge on any atom is 0.251 e. The van der Waals surface area contributed by atoms with Crippen molar-refractivity contribution in [2.75, 3.05) is 0 Å². The molecule has 0 fully saturated rings. The number of rotatable bonds is 8. The van der Waals surface area contributed by atoms with Crippen LogP contribution in [-0.2, 0) is 4.79 Å². The van der Waals surface area contributed by atoms with Crippen LogP contribution >= 0.6 is 0 Å². The van der Waals surface area contributed by atoms with E-state index in [0.29, 0.717) is 11.1 Å². The molecule has 3 aromatic carbocycles. The molecule has 0 heterocycles. The molecule has 3 atom stereocenters. The molecule has 3 aromatic rings. The average Bonchev–Trinajstić information content (AvgIpc) is 2.81. The molecule has 0 radical (unpaired) electrons. The number of phenolic OH excluding ortho intramolecular Hbond substituents is 1. The lowest BCUT2D eigenvalue weighted by Gasteiger charge is -2.21. The Morgan fingerprint density at radius 1 is 0.938 bits per heavy atom. The number of phenols is 1. The van der Waals surface area contributed by atoms with E-state index in [4.69, 9.17) is 0 Å². The number of nitrogens with one attached hydrogen (secondary N) is 1. The minimum absolute atomic E-state index is 0.115. The molecule has 162 valence electrons. The molecule has 6 heteroatoms. The van der Waals surface area contributed by atoms with Crippen molar-refractivity contribution in [1.82, 2.24) is 5.32 Å². The number of hydrogen-bond donors (Lipinski definition) is 3. The van der Waals surface area contributed by atoms with E-state index < -0.39 is 29.8 Å². The first-order valence-electron chi connectivity index (χ1n) is 10.2. The first kappa shape index (κ1) is 22.7. The summed E-state index contributed by atoms with van der Waals surface area (Å²) in [6.07, 6.45) is -1.23. The molecule has 32 heavy (non-hydrogen) atoms. The highest BCUT2D eigenvalue weighted by Gasteiger charge is 2.28. The van der Waals surface area contributed by atoms with E-state index in [0.717, 1.165) is 11.1 Å². The van der Waals surface area contributed by atoms with Gasteiger partial charge in [-0.25, -0.2) is 0 Å². The minimum atomic E-state index is -1.13. The van der Waals surface area contributed by atoms with Crippen molar-refractivity contribution >= 4 is 11.7 Å². The standard InChI is InChI=1S/C26H24N2O4/c1-17(29)25(24(31)15-22(16-27)18-5-3-2-4-6-18)28-26(32)21-9-7-19(8-10-21)20-11-13-23(30)14-12-20/h2-14,17,22,25,29-30H,15H2,1H3,(H,28,32)/t17-,22?,25+/m1/s1. The largest absolute Gasteiger partial charge is 0.508 e. The van der Waals surface area contributed by atoms with Gasteiger partial charge >= 0.3 is 0 Å². The van der Waals surface area contributed by atoms with Crippen molar-refractivity contribution in [1.29, 1.82) is 5.26 Å². The van der Waals surface area contributed by atoms with E-state index in [-0.39, 0.29) is 12.2 Å². The quantitative estimate of drug-likeness (QED) is 0.505. The minimum Gasteiger partial charge on any atom is -0.508 e. The van der Waals surface area contributed by atoms with Crippen LogP contribution in [0.4, 0.5) is 0 Å². The van der Waals surface area contributed by atoms with E-state index in [2.05, 4.69) is 11.4 Å². The van der Waals surface area contributed by atoms with Crippen LogP contribution in [0.15, 0.2) is 78.9 Å². The van der Waals surface area contributed by atoms with Gasteiger partial charge in [-0.2, -0.15) is 5.26 Å². The summed E-state index contributed by atoms with van der Waals surface area (Å²) in [6.45, 7) is 1.43. The second-order valence-electron chi connectivity index (χ2n) is 7.58. The van der Waals surface area contributed by atoms with Crippen molar-refractivity contribution in [3.63, 3.8) is 0 Å². The Kier molecular flexibility index (Phi) is 7.37. The van der Waals surface area contributed by atoms with E-state index in [9.17, 15) is 25.1 Å². The van der Waals surface area contributed by atoms with Crippen LogP contribution in [-0.4, -0.2) is 34.0 Å². The van der Waals surface area contributed by atoms with Gasteiger partial charge in [-0.1, -0.05) is 54.6 Å². The number of aliphatic hydroxyl groups excluding tert-OH is 1. The zero-order valence-corrected chi connectivity index (χ0v) is 17.6. The summed E-state index contributed by atoms with van der Waals surface area (Å²) in [7, 11) is 0. The molecule has 6 nitrogen and oxygen atoms in total. The number of nitrogens with zero attached hydrogens (tertiary/aromatic N) is 1. The molecule has 0 aliphatic carbocycles. The highest BCUT2D eigenvalue weighted by Crippen LogP contribution is 2.23. The highest BCUT2D eigenvalue weighted by molar-refractivity contribution is 5.98. The van der Waals surface area contributed by atoms with E-state index in [1.54, 1.807) is 72.8 Å².